The van der Waals surface area contributed by atoms with Crippen LogP contribution in [0.1, 0.15) is 32.2 Å². The third-order valence-electron chi connectivity index (χ3n) is 2.64. The van der Waals surface area contributed by atoms with Crippen LogP contribution < -0.4 is 0 Å². The van der Waals surface area contributed by atoms with Crippen LogP contribution in [0.2, 0.25) is 0 Å². The van der Waals surface area contributed by atoms with Gasteiger partial charge in [-0.1, -0.05) is 5.21 Å². The maximum Gasteiger partial charge on any atom is 0.410 e. The maximum atomic E-state index is 11.9. The van der Waals surface area contributed by atoms with Gasteiger partial charge < -0.3 is 14.7 Å². The molecule has 2 heterocycles. The fraction of sp³-hybridized carbons (Fsp3) is 0.727. The normalized spacial score (nSPS) is 15.4. The monoisotopic (exact) mass is 254 g/mol. The summed E-state index contributed by atoms with van der Waals surface area (Å²) in [5, 5.41) is 16.9. The van der Waals surface area contributed by atoms with Gasteiger partial charge in [0.2, 0.25) is 0 Å². The number of hydrogen-bond donors (Lipinski definition) is 1. The summed E-state index contributed by atoms with van der Waals surface area (Å²) in [6.07, 6.45) is -0.348. The van der Waals surface area contributed by atoms with E-state index in [4.69, 9.17) is 9.84 Å². The summed E-state index contributed by atoms with van der Waals surface area (Å²) in [6, 6.07) is 0. The van der Waals surface area contributed by atoms with Crippen molar-refractivity contribution in [3.8, 4) is 0 Å². The molecule has 0 radical (unpaired) electrons. The minimum atomic E-state index is -0.507. The van der Waals surface area contributed by atoms with E-state index in [0.29, 0.717) is 25.3 Å². The van der Waals surface area contributed by atoms with Crippen LogP contribution in [0.25, 0.3) is 0 Å². The number of aliphatic hydroxyl groups excluding tert-OH is 1. The highest BCUT2D eigenvalue weighted by molar-refractivity contribution is 5.68. The van der Waals surface area contributed by atoms with Gasteiger partial charge in [-0.3, -0.25) is 0 Å². The van der Waals surface area contributed by atoms with Crippen LogP contribution in [-0.2, 0) is 24.4 Å². The minimum absolute atomic E-state index is 0.169. The summed E-state index contributed by atoms with van der Waals surface area (Å²) in [7, 11) is 0. The Kier molecular flexibility index (Phi) is 3.25. The number of nitrogens with zero attached hydrogens (tertiary/aromatic N) is 4. The minimum Gasteiger partial charge on any atom is -0.444 e. The van der Waals surface area contributed by atoms with Crippen LogP contribution in [0.5, 0.6) is 0 Å². The molecular weight excluding hydrogens is 236 g/mol. The number of amides is 1. The zero-order valence-corrected chi connectivity index (χ0v) is 10.9. The third kappa shape index (κ3) is 2.61. The van der Waals surface area contributed by atoms with Gasteiger partial charge in [-0.25, -0.2) is 9.48 Å². The number of carbonyl (C=O) groups is 1. The quantitative estimate of drug-likeness (QED) is 0.790. The van der Waals surface area contributed by atoms with Crippen molar-refractivity contribution < 1.29 is 14.6 Å². The fourth-order valence-corrected chi connectivity index (χ4v) is 1.80. The third-order valence-corrected chi connectivity index (χ3v) is 2.64. The topological polar surface area (TPSA) is 80.5 Å². The van der Waals surface area contributed by atoms with Crippen molar-refractivity contribution in [1.82, 2.24) is 19.9 Å². The largest absolute Gasteiger partial charge is 0.444 e. The van der Waals surface area contributed by atoms with Gasteiger partial charge >= 0.3 is 6.09 Å². The first-order chi connectivity index (χ1) is 8.40. The molecule has 1 aliphatic rings. The molecule has 0 aromatic carbocycles. The molecule has 0 fully saturated rings. The van der Waals surface area contributed by atoms with Crippen molar-refractivity contribution in [2.45, 2.75) is 46.1 Å². The second-order valence-electron chi connectivity index (χ2n) is 5.27. The van der Waals surface area contributed by atoms with Crippen molar-refractivity contribution in [2.24, 2.45) is 0 Å². The lowest BCUT2D eigenvalue weighted by molar-refractivity contribution is 0.0192. The van der Waals surface area contributed by atoms with E-state index < -0.39 is 5.60 Å². The molecule has 1 aromatic heterocycles. The van der Waals surface area contributed by atoms with E-state index in [-0.39, 0.29) is 12.7 Å². The van der Waals surface area contributed by atoms with Crippen LogP contribution in [0.3, 0.4) is 0 Å². The summed E-state index contributed by atoms with van der Waals surface area (Å²) in [6.45, 7) is 6.81. The Morgan fingerprint density at radius 2 is 2.17 bits per heavy atom. The van der Waals surface area contributed by atoms with Gasteiger partial charge in [-0.2, -0.15) is 0 Å². The van der Waals surface area contributed by atoms with Crippen LogP contribution in [0, 0.1) is 0 Å². The predicted molar refractivity (Wildman–Crippen MR) is 62.6 cm³/mol. The van der Waals surface area contributed by atoms with Crippen molar-refractivity contribution in [1.29, 1.82) is 0 Å². The number of hydrogen-bond acceptors (Lipinski definition) is 5. The van der Waals surface area contributed by atoms with E-state index in [1.165, 1.54) is 0 Å². The van der Waals surface area contributed by atoms with Gasteiger partial charge in [0.25, 0.3) is 0 Å². The molecule has 100 valence electrons. The summed E-state index contributed by atoms with van der Waals surface area (Å²) in [5.74, 6) is 0. The number of fused-ring (bicyclic) bond motifs is 1. The highest BCUT2D eigenvalue weighted by Gasteiger charge is 2.28. The first-order valence-corrected chi connectivity index (χ1v) is 5.91. The lowest BCUT2D eigenvalue weighted by Gasteiger charge is -2.30. The van der Waals surface area contributed by atoms with E-state index in [2.05, 4.69) is 10.3 Å². The average molecular weight is 254 g/mol. The summed E-state index contributed by atoms with van der Waals surface area (Å²) in [5.41, 5.74) is 0.783. The van der Waals surface area contributed by atoms with E-state index in [0.717, 1.165) is 5.69 Å². The number of aliphatic hydroxyl groups is 1. The zero-order chi connectivity index (χ0) is 13.3. The number of ether oxygens (including phenoxy) is 1. The molecule has 7 heteroatoms. The highest BCUT2D eigenvalue weighted by Crippen LogP contribution is 2.17. The molecule has 7 nitrogen and oxygen atoms in total. The van der Waals surface area contributed by atoms with Gasteiger partial charge in [-0.05, 0) is 20.8 Å². The smallest absolute Gasteiger partial charge is 0.410 e. The summed E-state index contributed by atoms with van der Waals surface area (Å²) >= 11 is 0. The van der Waals surface area contributed by atoms with Gasteiger partial charge in [0, 0.05) is 6.54 Å². The van der Waals surface area contributed by atoms with Gasteiger partial charge in [0.05, 0.1) is 25.4 Å². The molecule has 0 saturated carbocycles. The highest BCUT2D eigenvalue weighted by atomic mass is 16.6. The van der Waals surface area contributed by atoms with Crippen LogP contribution >= 0.6 is 0 Å². The Hall–Kier alpha value is -1.63. The fourth-order valence-electron chi connectivity index (χ4n) is 1.80. The van der Waals surface area contributed by atoms with Gasteiger partial charge in [-0.15, -0.1) is 5.10 Å². The van der Waals surface area contributed by atoms with E-state index >= 15 is 0 Å². The Balaban J connectivity index is 2.09. The van der Waals surface area contributed by atoms with E-state index in [9.17, 15) is 4.79 Å². The molecular formula is C11H18N4O3. The lowest BCUT2D eigenvalue weighted by Crippen LogP contribution is -2.41. The van der Waals surface area contributed by atoms with Crippen LogP contribution in [0.4, 0.5) is 4.79 Å². The van der Waals surface area contributed by atoms with E-state index in [1.807, 2.05) is 20.8 Å². The van der Waals surface area contributed by atoms with Gasteiger partial charge in [0.15, 0.2) is 0 Å². The first-order valence-electron chi connectivity index (χ1n) is 5.91. The van der Waals surface area contributed by atoms with Crippen LogP contribution in [0.15, 0.2) is 0 Å². The number of aromatic nitrogens is 3. The SMILES string of the molecule is CC(C)(C)OC(=O)N1CCn2nnc(CO)c2C1. The maximum absolute atomic E-state index is 11.9. The molecule has 0 unspecified atom stereocenters. The Labute approximate surface area is 105 Å². The molecule has 1 aliphatic heterocycles. The molecule has 0 atom stereocenters. The molecule has 0 bridgehead atoms. The number of rotatable bonds is 1. The summed E-state index contributed by atoms with van der Waals surface area (Å²) in [4.78, 5) is 13.5. The van der Waals surface area contributed by atoms with Crippen molar-refractivity contribution in [3.05, 3.63) is 11.4 Å². The summed E-state index contributed by atoms with van der Waals surface area (Å²) < 4.78 is 7.03. The molecule has 0 aliphatic carbocycles. The lowest BCUT2D eigenvalue weighted by atomic mass is 10.2. The second kappa shape index (κ2) is 4.56. The Bertz CT molecular complexity index is 436. The Morgan fingerprint density at radius 3 is 2.78 bits per heavy atom. The molecule has 1 aromatic rings. The first kappa shape index (κ1) is 12.8. The molecule has 0 spiro atoms. The molecule has 2 rings (SSSR count). The molecule has 1 N–H and O–H groups in total. The molecule has 0 saturated heterocycles. The van der Waals surface area contributed by atoms with Gasteiger partial charge in [0.1, 0.15) is 11.3 Å². The second-order valence-corrected chi connectivity index (χ2v) is 5.27. The van der Waals surface area contributed by atoms with Crippen molar-refractivity contribution in [2.75, 3.05) is 6.54 Å². The molecule has 1 amide bonds. The van der Waals surface area contributed by atoms with Crippen LogP contribution in [-0.4, -0.2) is 43.2 Å². The molecule has 18 heavy (non-hydrogen) atoms. The average Bonchev–Trinajstić information content (AvgIpc) is 2.68. The standard InChI is InChI=1S/C11H18N4O3/c1-11(2,3)18-10(17)14-4-5-15-9(6-14)8(7-16)12-13-15/h16H,4-7H2,1-3H3. The van der Waals surface area contributed by atoms with Crippen molar-refractivity contribution >= 4 is 6.09 Å². The Morgan fingerprint density at radius 1 is 1.44 bits per heavy atom. The predicted octanol–water partition coefficient (Wildman–Crippen LogP) is 0.521. The van der Waals surface area contributed by atoms with Crippen molar-refractivity contribution in [3.63, 3.8) is 0 Å². The zero-order valence-electron chi connectivity index (χ0n) is 10.9. The number of carbonyl (C=O) groups excluding carboxylic acids is 1. The van der Waals surface area contributed by atoms with E-state index in [1.54, 1.807) is 9.58 Å².